The maximum absolute atomic E-state index is 6.14. The zero-order chi connectivity index (χ0) is 18.0. The Morgan fingerprint density at radius 3 is 2.42 bits per heavy atom. The maximum Gasteiger partial charge on any atom is 0.119 e. The topological polar surface area (TPSA) is 36.3 Å². The van der Waals surface area contributed by atoms with Gasteiger partial charge in [-0.25, -0.2) is 4.98 Å². The fourth-order valence-electron chi connectivity index (χ4n) is 2.85. The normalized spacial score (nSPS) is 12.0. The molecule has 0 fully saturated rings. The first kappa shape index (κ1) is 18.2. The molecule has 0 aliphatic rings. The van der Waals surface area contributed by atoms with Crippen molar-refractivity contribution in [2.24, 2.45) is 0 Å². The van der Waals surface area contributed by atoms with Gasteiger partial charge in [-0.15, -0.1) is 0 Å². The van der Waals surface area contributed by atoms with Crippen LogP contribution in [0, 0.1) is 6.92 Å². The number of hydrogen-bond acceptors (Lipinski definition) is 3. The second-order valence-electron chi connectivity index (χ2n) is 6.33. The SMILES string of the molecule is Cc1nccn1CC(COc1ccccc1)OCCCc1ccccc1. The number of benzene rings is 2. The predicted molar refractivity (Wildman–Crippen MR) is 103 cm³/mol. The minimum Gasteiger partial charge on any atom is -0.491 e. The van der Waals surface area contributed by atoms with Gasteiger partial charge in [0.05, 0.1) is 6.54 Å². The van der Waals surface area contributed by atoms with Crippen LogP contribution in [0.3, 0.4) is 0 Å². The Balaban J connectivity index is 1.51. The van der Waals surface area contributed by atoms with E-state index >= 15 is 0 Å². The lowest BCUT2D eigenvalue weighted by molar-refractivity contribution is 0.00860. The molecule has 1 heterocycles. The summed E-state index contributed by atoms with van der Waals surface area (Å²) >= 11 is 0. The molecule has 0 aliphatic heterocycles. The standard InChI is InChI=1S/C22H26N2O2/c1-19-23-14-15-24(19)17-22(18-26-21-12-6-3-7-13-21)25-16-8-11-20-9-4-2-5-10-20/h2-7,9-10,12-15,22H,8,11,16-18H2,1H3. The van der Waals surface area contributed by atoms with Crippen LogP contribution >= 0.6 is 0 Å². The molecule has 0 saturated heterocycles. The summed E-state index contributed by atoms with van der Waals surface area (Å²) in [6.45, 7) is 3.98. The molecule has 4 nitrogen and oxygen atoms in total. The smallest absolute Gasteiger partial charge is 0.119 e. The monoisotopic (exact) mass is 350 g/mol. The molecule has 3 aromatic rings. The van der Waals surface area contributed by atoms with Crippen molar-refractivity contribution in [3.05, 3.63) is 84.4 Å². The Hall–Kier alpha value is -2.59. The summed E-state index contributed by atoms with van der Waals surface area (Å²) in [5.41, 5.74) is 1.35. The lowest BCUT2D eigenvalue weighted by Gasteiger charge is -2.20. The maximum atomic E-state index is 6.14. The highest BCUT2D eigenvalue weighted by Gasteiger charge is 2.13. The molecule has 136 valence electrons. The second-order valence-corrected chi connectivity index (χ2v) is 6.33. The third-order valence-electron chi connectivity index (χ3n) is 4.31. The Labute approximate surface area is 155 Å². The number of aromatic nitrogens is 2. The van der Waals surface area contributed by atoms with Gasteiger partial charge in [-0.2, -0.15) is 0 Å². The summed E-state index contributed by atoms with van der Waals surface area (Å²) in [5, 5.41) is 0. The Morgan fingerprint density at radius 2 is 1.73 bits per heavy atom. The van der Waals surface area contributed by atoms with Crippen LogP contribution in [-0.4, -0.2) is 28.9 Å². The van der Waals surface area contributed by atoms with Crippen molar-refractivity contribution < 1.29 is 9.47 Å². The second kappa shape index (κ2) is 9.78. The van der Waals surface area contributed by atoms with Crippen molar-refractivity contribution >= 4 is 0 Å². The first-order valence-electron chi connectivity index (χ1n) is 9.12. The van der Waals surface area contributed by atoms with Crippen molar-refractivity contribution in [1.29, 1.82) is 0 Å². The lowest BCUT2D eigenvalue weighted by Crippen LogP contribution is -2.28. The van der Waals surface area contributed by atoms with Crippen LogP contribution in [0.4, 0.5) is 0 Å². The summed E-state index contributed by atoms with van der Waals surface area (Å²) < 4.78 is 14.2. The molecule has 0 spiro atoms. The van der Waals surface area contributed by atoms with Crippen molar-refractivity contribution in [3.63, 3.8) is 0 Å². The molecule has 0 bridgehead atoms. The molecule has 26 heavy (non-hydrogen) atoms. The van der Waals surface area contributed by atoms with E-state index in [4.69, 9.17) is 9.47 Å². The highest BCUT2D eigenvalue weighted by atomic mass is 16.5. The average Bonchev–Trinajstić information content (AvgIpc) is 3.09. The van der Waals surface area contributed by atoms with Crippen LogP contribution in [0.2, 0.25) is 0 Å². The van der Waals surface area contributed by atoms with Crippen LogP contribution in [0.25, 0.3) is 0 Å². The fourth-order valence-corrected chi connectivity index (χ4v) is 2.85. The summed E-state index contributed by atoms with van der Waals surface area (Å²) in [6, 6.07) is 20.4. The van der Waals surface area contributed by atoms with E-state index in [9.17, 15) is 0 Å². The molecule has 3 rings (SSSR count). The molecule has 0 amide bonds. The van der Waals surface area contributed by atoms with Crippen molar-refractivity contribution in [2.75, 3.05) is 13.2 Å². The van der Waals surface area contributed by atoms with Gasteiger partial charge in [-0.3, -0.25) is 0 Å². The number of aryl methyl sites for hydroxylation is 2. The summed E-state index contributed by atoms with van der Waals surface area (Å²) in [4.78, 5) is 4.29. The summed E-state index contributed by atoms with van der Waals surface area (Å²) in [6.07, 6.45) is 5.81. The summed E-state index contributed by atoms with van der Waals surface area (Å²) in [5.74, 6) is 1.86. The van der Waals surface area contributed by atoms with Gasteiger partial charge in [-0.1, -0.05) is 48.5 Å². The van der Waals surface area contributed by atoms with Gasteiger partial charge in [0, 0.05) is 19.0 Å². The van der Waals surface area contributed by atoms with Crippen LogP contribution in [0.5, 0.6) is 5.75 Å². The molecule has 0 saturated carbocycles. The lowest BCUT2D eigenvalue weighted by atomic mass is 10.1. The van der Waals surface area contributed by atoms with Crippen LogP contribution in [0.15, 0.2) is 73.1 Å². The van der Waals surface area contributed by atoms with Gasteiger partial charge in [0.15, 0.2) is 0 Å². The van der Waals surface area contributed by atoms with Crippen LogP contribution < -0.4 is 4.74 Å². The zero-order valence-corrected chi connectivity index (χ0v) is 15.3. The highest BCUT2D eigenvalue weighted by molar-refractivity contribution is 5.20. The van der Waals surface area contributed by atoms with E-state index < -0.39 is 0 Å². The number of nitrogens with zero attached hydrogens (tertiary/aromatic N) is 2. The van der Waals surface area contributed by atoms with Gasteiger partial charge in [0.1, 0.15) is 24.3 Å². The van der Waals surface area contributed by atoms with Gasteiger partial charge in [-0.05, 0) is 37.5 Å². The van der Waals surface area contributed by atoms with Crippen molar-refractivity contribution in [3.8, 4) is 5.75 Å². The predicted octanol–water partition coefficient (Wildman–Crippen LogP) is 4.29. The summed E-state index contributed by atoms with van der Waals surface area (Å²) in [7, 11) is 0. The quantitative estimate of drug-likeness (QED) is 0.512. The van der Waals surface area contributed by atoms with Gasteiger partial charge < -0.3 is 14.0 Å². The molecule has 2 aromatic carbocycles. The number of imidazole rings is 1. The third kappa shape index (κ3) is 5.74. The van der Waals surface area contributed by atoms with E-state index in [0.29, 0.717) is 13.2 Å². The number of rotatable bonds is 10. The third-order valence-corrected chi connectivity index (χ3v) is 4.31. The van der Waals surface area contributed by atoms with E-state index in [1.165, 1.54) is 5.56 Å². The van der Waals surface area contributed by atoms with Crippen molar-refractivity contribution in [2.45, 2.75) is 32.4 Å². The molecular formula is C22H26N2O2. The molecule has 0 aliphatic carbocycles. The van der Waals surface area contributed by atoms with Crippen LogP contribution in [-0.2, 0) is 17.7 Å². The fraction of sp³-hybridized carbons (Fsp3) is 0.318. The molecular weight excluding hydrogens is 324 g/mol. The number of ether oxygens (including phenoxy) is 2. The molecule has 1 atom stereocenters. The first-order chi connectivity index (χ1) is 12.8. The van der Waals surface area contributed by atoms with Gasteiger partial charge >= 0.3 is 0 Å². The Bertz CT molecular complexity index is 756. The molecule has 0 radical (unpaired) electrons. The first-order valence-corrected chi connectivity index (χ1v) is 9.12. The van der Waals surface area contributed by atoms with E-state index in [1.54, 1.807) is 0 Å². The van der Waals surface area contributed by atoms with E-state index in [1.807, 2.05) is 55.7 Å². The average molecular weight is 350 g/mol. The largest absolute Gasteiger partial charge is 0.491 e. The van der Waals surface area contributed by atoms with E-state index in [2.05, 4.69) is 33.8 Å². The highest BCUT2D eigenvalue weighted by Crippen LogP contribution is 2.11. The number of para-hydroxylation sites is 1. The molecule has 0 N–H and O–H groups in total. The zero-order valence-electron chi connectivity index (χ0n) is 15.3. The Morgan fingerprint density at radius 1 is 1.00 bits per heavy atom. The van der Waals surface area contributed by atoms with E-state index in [0.717, 1.165) is 31.0 Å². The van der Waals surface area contributed by atoms with Gasteiger partial charge in [0.25, 0.3) is 0 Å². The molecule has 1 unspecified atom stereocenters. The van der Waals surface area contributed by atoms with Crippen molar-refractivity contribution in [1.82, 2.24) is 9.55 Å². The minimum atomic E-state index is -0.0149. The van der Waals surface area contributed by atoms with E-state index in [-0.39, 0.29) is 6.10 Å². The van der Waals surface area contributed by atoms with Crippen LogP contribution in [0.1, 0.15) is 17.8 Å². The molecule has 4 heteroatoms. The molecule has 1 aromatic heterocycles. The minimum absolute atomic E-state index is 0.0149. The van der Waals surface area contributed by atoms with Gasteiger partial charge in [0.2, 0.25) is 0 Å². The Kier molecular flexibility index (Phi) is 6.85. The number of hydrogen-bond donors (Lipinski definition) is 0.